The van der Waals surface area contributed by atoms with Crippen molar-refractivity contribution in [1.29, 1.82) is 0 Å². The molecule has 0 aromatic heterocycles. The normalized spacial score (nSPS) is 27.2. The Labute approximate surface area is 110 Å². The summed E-state index contributed by atoms with van der Waals surface area (Å²) in [5.41, 5.74) is 6.14. The molecular weight excluding hydrogens is 249 g/mol. The van der Waals surface area contributed by atoms with Gasteiger partial charge in [-0.3, -0.25) is 4.21 Å². The lowest BCUT2D eigenvalue weighted by molar-refractivity contribution is 0.456. The van der Waals surface area contributed by atoms with Crippen molar-refractivity contribution in [3.63, 3.8) is 0 Å². The van der Waals surface area contributed by atoms with Gasteiger partial charge in [-0.25, -0.2) is 4.39 Å². The van der Waals surface area contributed by atoms with Gasteiger partial charge >= 0.3 is 0 Å². The Morgan fingerprint density at radius 2 is 1.89 bits per heavy atom. The van der Waals surface area contributed by atoms with Crippen molar-refractivity contribution in [2.45, 2.75) is 54.7 Å². The third kappa shape index (κ3) is 3.39. The van der Waals surface area contributed by atoms with Crippen LogP contribution in [0, 0.1) is 5.82 Å². The van der Waals surface area contributed by atoms with E-state index in [9.17, 15) is 8.60 Å². The van der Waals surface area contributed by atoms with E-state index in [0.29, 0.717) is 4.90 Å². The van der Waals surface area contributed by atoms with Gasteiger partial charge in [-0.1, -0.05) is 31.7 Å². The van der Waals surface area contributed by atoms with Crippen molar-refractivity contribution in [2.75, 3.05) is 0 Å². The second-order valence-electron chi connectivity index (χ2n) is 4.95. The molecule has 0 bridgehead atoms. The van der Waals surface area contributed by atoms with E-state index in [1.165, 1.54) is 25.0 Å². The van der Waals surface area contributed by atoms with Crippen molar-refractivity contribution < 1.29 is 8.60 Å². The van der Waals surface area contributed by atoms with E-state index in [1.54, 1.807) is 12.1 Å². The lowest BCUT2D eigenvalue weighted by Gasteiger charge is -2.25. The van der Waals surface area contributed by atoms with Crippen LogP contribution in [0.15, 0.2) is 29.2 Å². The quantitative estimate of drug-likeness (QED) is 0.897. The molecule has 1 fully saturated rings. The molecule has 2 nitrogen and oxygen atoms in total. The predicted octanol–water partition coefficient (Wildman–Crippen LogP) is 2.98. The molecule has 2 N–H and O–H groups in total. The van der Waals surface area contributed by atoms with Gasteiger partial charge in [0, 0.05) is 10.9 Å². The van der Waals surface area contributed by atoms with Crippen molar-refractivity contribution >= 4 is 10.8 Å². The van der Waals surface area contributed by atoms with Crippen LogP contribution in [0.4, 0.5) is 4.39 Å². The van der Waals surface area contributed by atoms with Crippen LogP contribution < -0.4 is 5.73 Å². The molecule has 1 aliphatic carbocycles. The highest BCUT2D eigenvalue weighted by Gasteiger charge is 2.26. The van der Waals surface area contributed by atoms with Crippen LogP contribution >= 0.6 is 0 Å². The van der Waals surface area contributed by atoms with Gasteiger partial charge in [0.15, 0.2) is 0 Å². The number of halogens is 1. The SMILES string of the molecule is NC1CCCCCCC1S(=O)c1cccc(F)c1. The fourth-order valence-electron chi connectivity index (χ4n) is 2.51. The monoisotopic (exact) mass is 269 g/mol. The van der Waals surface area contributed by atoms with Crippen molar-refractivity contribution in [1.82, 2.24) is 0 Å². The number of benzene rings is 1. The molecule has 4 heteroatoms. The Kier molecular flexibility index (Phi) is 4.89. The Morgan fingerprint density at radius 1 is 1.17 bits per heavy atom. The summed E-state index contributed by atoms with van der Waals surface area (Å²) in [6.45, 7) is 0. The maximum Gasteiger partial charge on any atom is 0.124 e. The molecule has 0 radical (unpaired) electrons. The van der Waals surface area contributed by atoms with E-state index in [-0.39, 0.29) is 17.1 Å². The molecule has 100 valence electrons. The molecule has 0 aliphatic heterocycles. The molecule has 1 aromatic carbocycles. The summed E-state index contributed by atoms with van der Waals surface area (Å²) in [4.78, 5) is 0.566. The molecule has 18 heavy (non-hydrogen) atoms. The number of hydrogen-bond donors (Lipinski definition) is 1. The largest absolute Gasteiger partial charge is 0.327 e. The summed E-state index contributed by atoms with van der Waals surface area (Å²) in [5, 5.41) is -0.0351. The van der Waals surface area contributed by atoms with E-state index in [4.69, 9.17) is 5.73 Å². The van der Waals surface area contributed by atoms with Crippen LogP contribution in [-0.2, 0) is 10.8 Å². The number of nitrogens with two attached hydrogens (primary N) is 1. The fraction of sp³-hybridized carbons (Fsp3) is 0.571. The molecule has 0 saturated heterocycles. The first kappa shape index (κ1) is 13.7. The maximum atomic E-state index is 13.2. The average molecular weight is 269 g/mol. The summed E-state index contributed by atoms with van der Waals surface area (Å²) in [7, 11) is -1.19. The predicted molar refractivity (Wildman–Crippen MR) is 72.3 cm³/mol. The molecule has 0 amide bonds. The smallest absolute Gasteiger partial charge is 0.124 e. The van der Waals surface area contributed by atoms with Crippen LogP contribution in [0.3, 0.4) is 0 Å². The third-order valence-electron chi connectivity index (χ3n) is 3.56. The Hall–Kier alpha value is -0.740. The molecule has 0 spiro atoms. The maximum absolute atomic E-state index is 13.2. The van der Waals surface area contributed by atoms with Gasteiger partial charge in [0.25, 0.3) is 0 Å². The zero-order valence-electron chi connectivity index (χ0n) is 10.5. The highest BCUT2D eigenvalue weighted by Crippen LogP contribution is 2.24. The molecule has 3 atom stereocenters. The van der Waals surface area contributed by atoms with Gasteiger partial charge in [-0.15, -0.1) is 0 Å². The first-order valence-electron chi connectivity index (χ1n) is 6.60. The summed E-state index contributed by atoms with van der Waals surface area (Å²) >= 11 is 0. The second kappa shape index (κ2) is 6.43. The lowest BCUT2D eigenvalue weighted by Crippen LogP contribution is -2.38. The van der Waals surface area contributed by atoms with E-state index in [0.717, 1.165) is 25.7 Å². The van der Waals surface area contributed by atoms with Crippen LogP contribution in [0.25, 0.3) is 0 Å². The van der Waals surface area contributed by atoms with Crippen molar-refractivity contribution in [3.05, 3.63) is 30.1 Å². The third-order valence-corrected chi connectivity index (χ3v) is 5.41. The van der Waals surface area contributed by atoms with Gasteiger partial charge in [0.2, 0.25) is 0 Å². The van der Waals surface area contributed by atoms with E-state index in [2.05, 4.69) is 0 Å². The summed E-state index contributed by atoms with van der Waals surface area (Å²) < 4.78 is 25.7. The first-order valence-corrected chi connectivity index (χ1v) is 7.81. The molecular formula is C14H20FNOS. The summed E-state index contributed by atoms with van der Waals surface area (Å²) in [6.07, 6.45) is 6.38. The minimum Gasteiger partial charge on any atom is -0.327 e. The molecule has 1 aromatic rings. The Bertz CT molecular complexity index is 424. The first-order chi connectivity index (χ1) is 8.68. The van der Waals surface area contributed by atoms with Gasteiger partial charge in [-0.2, -0.15) is 0 Å². The second-order valence-corrected chi connectivity index (χ2v) is 6.62. The zero-order chi connectivity index (χ0) is 13.0. The zero-order valence-corrected chi connectivity index (χ0v) is 11.3. The van der Waals surface area contributed by atoms with Gasteiger partial charge < -0.3 is 5.73 Å². The van der Waals surface area contributed by atoms with Gasteiger partial charge in [0.05, 0.1) is 16.0 Å². The van der Waals surface area contributed by atoms with Crippen molar-refractivity contribution in [3.8, 4) is 0 Å². The summed E-state index contributed by atoms with van der Waals surface area (Å²) in [6, 6.07) is 6.04. The molecule has 2 rings (SSSR count). The van der Waals surface area contributed by atoms with Crippen LogP contribution in [-0.4, -0.2) is 15.5 Å². The van der Waals surface area contributed by atoms with Crippen molar-refractivity contribution in [2.24, 2.45) is 5.73 Å². The topological polar surface area (TPSA) is 43.1 Å². The van der Waals surface area contributed by atoms with Gasteiger partial charge in [0.1, 0.15) is 5.82 Å². The van der Waals surface area contributed by atoms with E-state index >= 15 is 0 Å². The molecule has 1 aliphatic rings. The lowest BCUT2D eigenvalue weighted by atomic mass is 9.97. The van der Waals surface area contributed by atoms with E-state index in [1.807, 2.05) is 0 Å². The van der Waals surface area contributed by atoms with Crippen LogP contribution in [0.5, 0.6) is 0 Å². The minimum atomic E-state index is -1.19. The number of rotatable bonds is 2. The highest BCUT2D eigenvalue weighted by atomic mass is 32.2. The highest BCUT2D eigenvalue weighted by molar-refractivity contribution is 7.85. The average Bonchev–Trinajstić information content (AvgIpc) is 2.34. The molecule has 3 unspecified atom stereocenters. The molecule has 0 heterocycles. The number of hydrogen-bond acceptors (Lipinski definition) is 2. The summed E-state index contributed by atoms with van der Waals surface area (Å²) in [5.74, 6) is -0.333. The van der Waals surface area contributed by atoms with Gasteiger partial charge in [-0.05, 0) is 31.0 Å². The Morgan fingerprint density at radius 3 is 2.61 bits per heavy atom. The molecule has 1 saturated carbocycles. The standard InChI is InChI=1S/C14H20FNOS/c15-11-6-5-7-12(10-11)18(17)14-9-4-2-1-3-8-13(14)16/h5-7,10,13-14H,1-4,8-9,16H2. The Balaban J connectivity index is 2.15. The van der Waals surface area contributed by atoms with Crippen LogP contribution in [0.2, 0.25) is 0 Å². The minimum absolute atomic E-state index is 0.0330. The van der Waals surface area contributed by atoms with E-state index < -0.39 is 10.8 Å². The fourth-order valence-corrected chi connectivity index (χ4v) is 4.14. The van der Waals surface area contributed by atoms with Crippen LogP contribution in [0.1, 0.15) is 38.5 Å².